The molecular formula is C12H22N2O. The first kappa shape index (κ1) is 10.9. The molecule has 1 aliphatic carbocycles. The first-order valence-electron chi connectivity index (χ1n) is 6.13. The van der Waals surface area contributed by atoms with E-state index in [2.05, 4.69) is 0 Å². The number of nitrogens with zero attached hydrogens (tertiary/aromatic N) is 1. The summed E-state index contributed by atoms with van der Waals surface area (Å²) in [4.78, 5) is 13.2. The van der Waals surface area contributed by atoms with Crippen molar-refractivity contribution in [2.75, 3.05) is 13.1 Å². The van der Waals surface area contributed by atoms with Crippen molar-refractivity contribution in [1.82, 2.24) is 4.90 Å². The molecule has 15 heavy (non-hydrogen) atoms. The summed E-state index contributed by atoms with van der Waals surface area (Å²) < 4.78 is 0. The molecule has 1 aliphatic heterocycles. The third-order valence-electron chi connectivity index (χ3n) is 3.91. The van der Waals surface area contributed by atoms with Gasteiger partial charge < -0.3 is 10.6 Å². The van der Waals surface area contributed by atoms with Gasteiger partial charge in [-0.25, -0.2) is 0 Å². The zero-order valence-corrected chi connectivity index (χ0v) is 9.67. The second kappa shape index (κ2) is 4.12. The summed E-state index contributed by atoms with van der Waals surface area (Å²) in [6.45, 7) is 3.60. The Labute approximate surface area is 92.0 Å². The molecule has 1 saturated carbocycles. The molecule has 1 heterocycles. The van der Waals surface area contributed by atoms with Crippen molar-refractivity contribution in [3.8, 4) is 0 Å². The fraction of sp³-hybridized carbons (Fsp3) is 0.917. The molecule has 1 saturated heterocycles. The van der Waals surface area contributed by atoms with E-state index < -0.39 is 0 Å². The van der Waals surface area contributed by atoms with E-state index >= 15 is 0 Å². The van der Waals surface area contributed by atoms with E-state index in [1.807, 2.05) is 4.90 Å². The Bertz CT molecular complexity index is 248. The fourth-order valence-electron chi connectivity index (χ4n) is 2.49. The van der Waals surface area contributed by atoms with Crippen LogP contribution in [0.25, 0.3) is 0 Å². The molecular weight excluding hydrogens is 188 g/mol. The number of rotatable bonds is 3. The number of likely N-dealkylation sites (tertiary alicyclic amines) is 1. The second-order valence-corrected chi connectivity index (χ2v) is 5.37. The van der Waals surface area contributed by atoms with Crippen molar-refractivity contribution in [3.05, 3.63) is 0 Å². The van der Waals surface area contributed by atoms with Crippen LogP contribution in [0.4, 0.5) is 0 Å². The normalized spacial score (nSPS) is 28.9. The van der Waals surface area contributed by atoms with Crippen LogP contribution in [0.1, 0.15) is 45.4 Å². The summed E-state index contributed by atoms with van der Waals surface area (Å²) >= 11 is 0. The number of amides is 1. The summed E-state index contributed by atoms with van der Waals surface area (Å²) in [5.41, 5.74) is 6.26. The highest BCUT2D eigenvalue weighted by Crippen LogP contribution is 2.38. The molecule has 3 heteroatoms. The number of nitrogens with two attached hydrogens (primary N) is 1. The molecule has 0 aromatic rings. The number of hydrogen-bond acceptors (Lipinski definition) is 2. The number of hydrogen-bond donors (Lipinski definition) is 1. The Morgan fingerprint density at radius 1 is 1.53 bits per heavy atom. The van der Waals surface area contributed by atoms with Crippen LogP contribution < -0.4 is 5.73 Å². The number of carbonyl (C=O) groups is 1. The Morgan fingerprint density at radius 3 is 2.87 bits per heavy atom. The number of piperidine rings is 1. The highest BCUT2D eigenvalue weighted by atomic mass is 16.2. The van der Waals surface area contributed by atoms with Gasteiger partial charge >= 0.3 is 0 Å². The lowest BCUT2D eigenvalue weighted by atomic mass is 9.91. The minimum Gasteiger partial charge on any atom is -0.343 e. The van der Waals surface area contributed by atoms with Crippen molar-refractivity contribution in [2.45, 2.75) is 51.0 Å². The van der Waals surface area contributed by atoms with Crippen LogP contribution in [-0.4, -0.2) is 29.4 Å². The van der Waals surface area contributed by atoms with E-state index in [-0.39, 0.29) is 11.4 Å². The van der Waals surface area contributed by atoms with Gasteiger partial charge in [0.25, 0.3) is 0 Å². The predicted molar refractivity (Wildman–Crippen MR) is 60.4 cm³/mol. The third kappa shape index (κ3) is 2.94. The highest BCUT2D eigenvalue weighted by molar-refractivity contribution is 5.73. The van der Waals surface area contributed by atoms with Gasteiger partial charge in [0.15, 0.2) is 0 Å². The monoisotopic (exact) mass is 210 g/mol. The average molecular weight is 210 g/mol. The standard InChI is InChI=1S/C12H22N2O/c1-10(15)14-8-2-3-11(9-14)4-5-12(13)6-7-12/h11H,2-9,13H2,1H3. The first-order valence-corrected chi connectivity index (χ1v) is 6.13. The zero-order valence-electron chi connectivity index (χ0n) is 9.67. The summed E-state index contributed by atoms with van der Waals surface area (Å²) in [7, 11) is 0. The summed E-state index contributed by atoms with van der Waals surface area (Å²) in [6.07, 6.45) is 7.22. The maximum Gasteiger partial charge on any atom is 0.219 e. The Morgan fingerprint density at radius 2 is 2.27 bits per heavy atom. The molecule has 0 aromatic heterocycles. The smallest absolute Gasteiger partial charge is 0.219 e. The van der Waals surface area contributed by atoms with Crippen LogP contribution in [-0.2, 0) is 4.79 Å². The van der Waals surface area contributed by atoms with Crippen molar-refractivity contribution < 1.29 is 4.79 Å². The van der Waals surface area contributed by atoms with Crippen LogP contribution in [0.5, 0.6) is 0 Å². The van der Waals surface area contributed by atoms with Gasteiger partial charge in [-0.15, -0.1) is 0 Å². The van der Waals surface area contributed by atoms with Gasteiger partial charge in [-0.2, -0.15) is 0 Å². The Kier molecular flexibility index (Phi) is 3.01. The zero-order chi connectivity index (χ0) is 10.9. The lowest BCUT2D eigenvalue weighted by molar-refractivity contribution is -0.130. The van der Waals surface area contributed by atoms with Crippen LogP contribution in [0.15, 0.2) is 0 Å². The van der Waals surface area contributed by atoms with Crippen LogP contribution in [0.2, 0.25) is 0 Å². The van der Waals surface area contributed by atoms with E-state index in [1.54, 1.807) is 6.92 Å². The van der Waals surface area contributed by atoms with Crippen LogP contribution >= 0.6 is 0 Å². The molecule has 86 valence electrons. The number of carbonyl (C=O) groups excluding carboxylic acids is 1. The lowest BCUT2D eigenvalue weighted by Crippen LogP contribution is -2.39. The summed E-state index contributed by atoms with van der Waals surface area (Å²) in [5, 5.41) is 0. The largest absolute Gasteiger partial charge is 0.343 e. The maximum absolute atomic E-state index is 11.3. The molecule has 0 spiro atoms. The minimum atomic E-state index is 0.179. The predicted octanol–water partition coefficient (Wildman–Crippen LogP) is 1.52. The maximum atomic E-state index is 11.3. The van der Waals surface area contributed by atoms with Gasteiger partial charge in [-0.05, 0) is 44.4 Å². The second-order valence-electron chi connectivity index (χ2n) is 5.37. The topological polar surface area (TPSA) is 46.3 Å². The third-order valence-corrected chi connectivity index (χ3v) is 3.91. The summed E-state index contributed by atoms with van der Waals surface area (Å²) in [5.74, 6) is 0.928. The average Bonchev–Trinajstić information content (AvgIpc) is 2.95. The molecule has 1 unspecified atom stereocenters. The van der Waals surface area contributed by atoms with Gasteiger partial charge in [-0.1, -0.05) is 0 Å². The summed E-state index contributed by atoms with van der Waals surface area (Å²) in [6, 6.07) is 0. The van der Waals surface area contributed by atoms with Crippen LogP contribution in [0.3, 0.4) is 0 Å². The highest BCUT2D eigenvalue weighted by Gasteiger charge is 2.38. The quantitative estimate of drug-likeness (QED) is 0.767. The Balaban J connectivity index is 1.74. The van der Waals surface area contributed by atoms with E-state index in [1.165, 1.54) is 32.1 Å². The Hall–Kier alpha value is -0.570. The molecule has 1 amide bonds. The molecule has 0 aromatic carbocycles. The van der Waals surface area contributed by atoms with Gasteiger partial charge in [-0.3, -0.25) is 4.79 Å². The van der Waals surface area contributed by atoms with Gasteiger partial charge in [0.1, 0.15) is 0 Å². The molecule has 1 atom stereocenters. The van der Waals surface area contributed by atoms with Gasteiger partial charge in [0, 0.05) is 25.6 Å². The first-order chi connectivity index (χ1) is 7.09. The molecule has 0 bridgehead atoms. The van der Waals surface area contributed by atoms with Gasteiger partial charge in [0.05, 0.1) is 0 Å². The molecule has 2 aliphatic rings. The molecule has 3 nitrogen and oxygen atoms in total. The molecule has 2 fully saturated rings. The molecule has 2 N–H and O–H groups in total. The van der Waals surface area contributed by atoms with E-state index in [4.69, 9.17) is 5.73 Å². The van der Waals surface area contributed by atoms with Crippen molar-refractivity contribution in [3.63, 3.8) is 0 Å². The van der Waals surface area contributed by atoms with Crippen molar-refractivity contribution in [2.24, 2.45) is 11.7 Å². The SMILES string of the molecule is CC(=O)N1CCCC(CCC2(N)CC2)C1. The van der Waals surface area contributed by atoms with Crippen LogP contribution in [0, 0.1) is 5.92 Å². The molecule has 2 rings (SSSR count). The molecule has 0 radical (unpaired) electrons. The minimum absolute atomic E-state index is 0.179. The van der Waals surface area contributed by atoms with Crippen molar-refractivity contribution in [1.29, 1.82) is 0 Å². The van der Waals surface area contributed by atoms with E-state index in [0.717, 1.165) is 19.5 Å². The van der Waals surface area contributed by atoms with Gasteiger partial charge in [0.2, 0.25) is 5.91 Å². The van der Waals surface area contributed by atoms with E-state index in [0.29, 0.717) is 5.92 Å². The fourth-order valence-corrected chi connectivity index (χ4v) is 2.49. The van der Waals surface area contributed by atoms with Crippen molar-refractivity contribution >= 4 is 5.91 Å². The van der Waals surface area contributed by atoms with E-state index in [9.17, 15) is 4.79 Å². The lowest BCUT2D eigenvalue weighted by Gasteiger charge is -2.32.